The van der Waals surface area contributed by atoms with Gasteiger partial charge < -0.3 is 5.32 Å². The molecule has 0 spiro atoms. The first kappa shape index (κ1) is 17.8. The van der Waals surface area contributed by atoms with E-state index >= 15 is 0 Å². The normalized spacial score (nSPS) is 12.5. The van der Waals surface area contributed by atoms with E-state index in [0.29, 0.717) is 30.5 Å². The Morgan fingerprint density at radius 3 is 2.62 bits per heavy atom. The van der Waals surface area contributed by atoms with Gasteiger partial charge in [0.15, 0.2) is 5.16 Å². The fourth-order valence-corrected chi connectivity index (χ4v) is 2.75. The van der Waals surface area contributed by atoms with Crippen LogP contribution in [-0.4, -0.2) is 27.3 Å². The van der Waals surface area contributed by atoms with Crippen LogP contribution >= 0.6 is 11.8 Å². The third kappa shape index (κ3) is 5.19. The molecule has 21 heavy (non-hydrogen) atoms. The van der Waals surface area contributed by atoms with Crippen molar-refractivity contribution >= 4 is 17.7 Å². The van der Waals surface area contributed by atoms with Crippen molar-refractivity contribution in [2.24, 2.45) is 13.0 Å². The van der Waals surface area contributed by atoms with E-state index in [1.807, 2.05) is 13.8 Å². The minimum atomic E-state index is -0.228. The van der Waals surface area contributed by atoms with Gasteiger partial charge in [0.2, 0.25) is 5.91 Å². The van der Waals surface area contributed by atoms with Gasteiger partial charge in [0.1, 0.15) is 0 Å². The number of aryl methyl sites for hydroxylation is 1. The van der Waals surface area contributed by atoms with Gasteiger partial charge in [-0.25, -0.2) is 4.98 Å². The third-order valence-electron chi connectivity index (χ3n) is 3.10. The molecule has 0 saturated carbocycles. The van der Waals surface area contributed by atoms with Crippen LogP contribution in [0.5, 0.6) is 0 Å². The van der Waals surface area contributed by atoms with Crippen molar-refractivity contribution in [3.63, 3.8) is 0 Å². The largest absolute Gasteiger partial charge is 0.355 e. The van der Waals surface area contributed by atoms with Crippen LogP contribution in [0.15, 0.2) is 16.0 Å². The Balaban J connectivity index is 2.88. The first-order valence-corrected chi connectivity index (χ1v) is 8.28. The van der Waals surface area contributed by atoms with Crippen LogP contribution in [0.2, 0.25) is 0 Å². The quantitative estimate of drug-likeness (QED) is 0.618. The van der Waals surface area contributed by atoms with Gasteiger partial charge in [-0.3, -0.25) is 14.2 Å². The molecule has 0 bridgehead atoms. The van der Waals surface area contributed by atoms with Crippen LogP contribution in [0.3, 0.4) is 0 Å². The van der Waals surface area contributed by atoms with E-state index in [0.717, 1.165) is 5.69 Å². The van der Waals surface area contributed by atoms with E-state index in [2.05, 4.69) is 24.1 Å². The number of hydrogen-bond donors (Lipinski definition) is 1. The number of nitrogens with one attached hydrogen (secondary N) is 1. The summed E-state index contributed by atoms with van der Waals surface area (Å²) in [4.78, 5) is 28.5. The van der Waals surface area contributed by atoms with Crippen LogP contribution in [0.4, 0.5) is 0 Å². The summed E-state index contributed by atoms with van der Waals surface area (Å²) < 4.78 is 1.50. The van der Waals surface area contributed by atoms with Crippen LogP contribution in [-0.2, 0) is 18.3 Å². The molecule has 1 aromatic rings. The first-order chi connectivity index (χ1) is 9.88. The van der Waals surface area contributed by atoms with Gasteiger partial charge in [0.05, 0.1) is 5.25 Å². The van der Waals surface area contributed by atoms with Crippen molar-refractivity contribution < 1.29 is 4.79 Å². The molecule has 0 fully saturated rings. The summed E-state index contributed by atoms with van der Waals surface area (Å²) in [5, 5.41) is 3.32. The lowest BCUT2D eigenvalue weighted by atomic mass is 10.2. The zero-order valence-corrected chi connectivity index (χ0v) is 14.3. The van der Waals surface area contributed by atoms with Gasteiger partial charge in [-0.1, -0.05) is 39.5 Å². The summed E-state index contributed by atoms with van der Waals surface area (Å²) in [6.45, 7) is 8.71. The fraction of sp³-hybridized carbons (Fsp3) is 0.667. The zero-order chi connectivity index (χ0) is 16.0. The second-order valence-electron chi connectivity index (χ2n) is 5.43. The average molecular weight is 311 g/mol. The second-order valence-corrected chi connectivity index (χ2v) is 6.60. The SMILES string of the molecule is CCc1cc(=O)n(C)c(SC(CC)C(=O)NCC(C)C)n1. The highest BCUT2D eigenvalue weighted by Gasteiger charge is 2.20. The molecule has 6 heteroatoms. The molecule has 0 aliphatic heterocycles. The Morgan fingerprint density at radius 2 is 2.10 bits per heavy atom. The lowest BCUT2D eigenvalue weighted by molar-refractivity contribution is -0.120. The number of rotatable bonds is 7. The summed E-state index contributed by atoms with van der Waals surface area (Å²) in [6, 6.07) is 1.55. The molecular formula is C15H25N3O2S. The van der Waals surface area contributed by atoms with Crippen molar-refractivity contribution in [2.45, 2.75) is 50.9 Å². The van der Waals surface area contributed by atoms with Crippen molar-refractivity contribution in [1.29, 1.82) is 0 Å². The van der Waals surface area contributed by atoms with Gasteiger partial charge in [0, 0.05) is 25.4 Å². The number of carbonyl (C=O) groups excluding carboxylic acids is 1. The molecule has 0 radical (unpaired) electrons. The van der Waals surface area contributed by atoms with E-state index in [9.17, 15) is 9.59 Å². The molecule has 0 aliphatic carbocycles. The Morgan fingerprint density at radius 1 is 1.43 bits per heavy atom. The van der Waals surface area contributed by atoms with Gasteiger partial charge in [0.25, 0.3) is 5.56 Å². The molecular weight excluding hydrogens is 286 g/mol. The highest BCUT2D eigenvalue weighted by molar-refractivity contribution is 8.00. The summed E-state index contributed by atoms with van der Waals surface area (Å²) in [7, 11) is 1.69. The molecule has 118 valence electrons. The van der Waals surface area contributed by atoms with E-state index in [-0.39, 0.29) is 16.7 Å². The lowest BCUT2D eigenvalue weighted by Gasteiger charge is -2.17. The van der Waals surface area contributed by atoms with E-state index < -0.39 is 0 Å². The van der Waals surface area contributed by atoms with Gasteiger partial charge >= 0.3 is 0 Å². The minimum Gasteiger partial charge on any atom is -0.355 e. The Hall–Kier alpha value is -1.30. The number of carbonyl (C=O) groups is 1. The smallest absolute Gasteiger partial charge is 0.254 e. The molecule has 1 N–H and O–H groups in total. The maximum atomic E-state index is 12.2. The highest BCUT2D eigenvalue weighted by Crippen LogP contribution is 2.23. The fourth-order valence-electron chi connectivity index (χ4n) is 1.72. The number of hydrogen-bond acceptors (Lipinski definition) is 4. The van der Waals surface area contributed by atoms with Crippen LogP contribution in [0, 0.1) is 5.92 Å². The standard InChI is InChI=1S/C15H25N3O2S/c1-6-11-8-13(19)18(5)15(17-11)21-12(7-2)14(20)16-9-10(3)4/h8,10,12H,6-7,9H2,1-5H3,(H,16,20). The monoisotopic (exact) mass is 311 g/mol. The zero-order valence-electron chi connectivity index (χ0n) is 13.5. The number of amides is 1. The predicted octanol–water partition coefficient (Wildman–Crippen LogP) is 1.99. The summed E-state index contributed by atoms with van der Waals surface area (Å²) in [6.07, 6.45) is 1.40. The maximum absolute atomic E-state index is 12.2. The van der Waals surface area contributed by atoms with Gasteiger partial charge in [-0.15, -0.1) is 0 Å². The molecule has 1 aromatic heterocycles. The van der Waals surface area contributed by atoms with Crippen LogP contribution in [0.1, 0.15) is 39.8 Å². The molecule has 1 rings (SSSR count). The molecule has 5 nitrogen and oxygen atoms in total. The van der Waals surface area contributed by atoms with E-state index in [1.165, 1.54) is 16.3 Å². The molecule has 1 unspecified atom stereocenters. The minimum absolute atomic E-state index is 0.00681. The molecule has 0 saturated heterocycles. The van der Waals surface area contributed by atoms with E-state index in [4.69, 9.17) is 0 Å². The Kier molecular flexibility index (Phi) is 6.95. The van der Waals surface area contributed by atoms with Crippen molar-refractivity contribution in [1.82, 2.24) is 14.9 Å². The highest BCUT2D eigenvalue weighted by atomic mass is 32.2. The van der Waals surface area contributed by atoms with Crippen LogP contribution in [0.25, 0.3) is 0 Å². The van der Waals surface area contributed by atoms with Gasteiger partial charge in [-0.05, 0) is 18.8 Å². The van der Waals surface area contributed by atoms with Gasteiger partial charge in [-0.2, -0.15) is 0 Å². The predicted molar refractivity (Wildman–Crippen MR) is 86.6 cm³/mol. The molecule has 0 aromatic carbocycles. The number of thioether (sulfide) groups is 1. The van der Waals surface area contributed by atoms with Crippen molar-refractivity contribution in [2.75, 3.05) is 6.54 Å². The Bertz CT molecular complexity index is 540. The molecule has 1 amide bonds. The summed E-state index contributed by atoms with van der Waals surface area (Å²) in [5.74, 6) is 0.426. The van der Waals surface area contributed by atoms with Crippen LogP contribution < -0.4 is 10.9 Å². The summed E-state index contributed by atoms with van der Waals surface area (Å²) in [5.41, 5.74) is 0.680. The maximum Gasteiger partial charge on any atom is 0.254 e. The third-order valence-corrected chi connectivity index (χ3v) is 4.51. The summed E-state index contributed by atoms with van der Waals surface area (Å²) >= 11 is 1.36. The lowest BCUT2D eigenvalue weighted by Crippen LogP contribution is -2.35. The van der Waals surface area contributed by atoms with E-state index in [1.54, 1.807) is 13.1 Å². The molecule has 1 atom stereocenters. The van der Waals surface area contributed by atoms with Crippen molar-refractivity contribution in [3.05, 3.63) is 22.1 Å². The number of aromatic nitrogens is 2. The first-order valence-electron chi connectivity index (χ1n) is 7.40. The average Bonchev–Trinajstić information content (AvgIpc) is 2.45. The van der Waals surface area contributed by atoms with Crippen molar-refractivity contribution in [3.8, 4) is 0 Å². The second kappa shape index (κ2) is 8.22. The topological polar surface area (TPSA) is 64.0 Å². The number of nitrogens with zero attached hydrogens (tertiary/aromatic N) is 2. The molecule has 1 heterocycles. The Labute approximate surface area is 130 Å². The molecule has 0 aliphatic rings.